The van der Waals surface area contributed by atoms with Gasteiger partial charge in [-0.25, -0.2) is 4.57 Å². The van der Waals surface area contributed by atoms with Crippen LogP contribution < -0.4 is 0 Å². The van der Waals surface area contributed by atoms with E-state index in [2.05, 4.69) is 123 Å². The van der Waals surface area contributed by atoms with E-state index in [-0.39, 0.29) is 32.0 Å². The average Bonchev–Trinajstić information content (AvgIpc) is 3.35. The third-order valence-corrected chi connectivity index (χ3v) is 13.0. The lowest BCUT2D eigenvalue weighted by atomic mass is 10.0. The van der Waals surface area contributed by atoms with Crippen LogP contribution in [0.3, 0.4) is 0 Å². The number of carbonyl (C=O) groups is 2. The number of quaternary nitrogens is 1. The van der Waals surface area contributed by atoms with Crippen LogP contribution in [0.2, 0.25) is 0 Å². The highest BCUT2D eigenvalue weighted by molar-refractivity contribution is 7.47. The van der Waals surface area contributed by atoms with Crippen LogP contribution >= 0.6 is 7.82 Å². The zero-order valence-electron chi connectivity index (χ0n) is 47.3. The smallest absolute Gasteiger partial charge is 0.462 e. The summed E-state index contributed by atoms with van der Waals surface area (Å²) in [4.78, 5) is 35.5. The number of hydrogen-bond acceptors (Lipinski definition) is 7. The lowest BCUT2D eigenvalue weighted by Gasteiger charge is -2.24. The van der Waals surface area contributed by atoms with E-state index in [1.807, 2.05) is 21.1 Å². The monoisotopic (exact) mass is 1040 g/mol. The van der Waals surface area contributed by atoms with Gasteiger partial charge in [0.05, 0.1) is 27.7 Å². The molecule has 0 aromatic rings. The number of ether oxygens (including phenoxy) is 2. The average molecular weight is 1040 g/mol. The number of esters is 2. The Labute approximate surface area is 448 Å². The van der Waals surface area contributed by atoms with E-state index >= 15 is 0 Å². The number of carbonyl (C=O) groups excluding carboxylic acids is 2. The lowest BCUT2D eigenvalue weighted by molar-refractivity contribution is -0.870. The van der Waals surface area contributed by atoms with Crippen molar-refractivity contribution >= 4 is 19.8 Å². The van der Waals surface area contributed by atoms with Gasteiger partial charge in [-0.1, -0.05) is 226 Å². The van der Waals surface area contributed by atoms with Crippen molar-refractivity contribution in [3.05, 3.63) is 109 Å². The molecule has 418 valence electrons. The molecule has 2 atom stereocenters. The van der Waals surface area contributed by atoms with Crippen LogP contribution in [-0.4, -0.2) is 74.9 Å². The Hall–Kier alpha value is -3.33. The van der Waals surface area contributed by atoms with E-state index in [1.165, 1.54) is 77.0 Å². The summed E-state index contributed by atoms with van der Waals surface area (Å²) in [5, 5.41) is 0. The van der Waals surface area contributed by atoms with Crippen LogP contribution in [0, 0.1) is 0 Å². The number of phosphoric acid groups is 1. The summed E-state index contributed by atoms with van der Waals surface area (Å²) in [6, 6.07) is 0. The molecule has 0 fully saturated rings. The van der Waals surface area contributed by atoms with Gasteiger partial charge in [0.1, 0.15) is 19.8 Å². The molecule has 0 amide bonds. The first-order chi connectivity index (χ1) is 35.5. The highest BCUT2D eigenvalue weighted by atomic mass is 31.2. The Morgan fingerprint density at radius 1 is 0.438 bits per heavy atom. The third kappa shape index (κ3) is 57.8. The summed E-state index contributed by atoms with van der Waals surface area (Å²) in [6.45, 7) is 4.23. The minimum Gasteiger partial charge on any atom is -0.462 e. The largest absolute Gasteiger partial charge is 0.472 e. The molecule has 0 aromatic heterocycles. The molecule has 2 unspecified atom stereocenters. The van der Waals surface area contributed by atoms with Gasteiger partial charge in [-0.2, -0.15) is 0 Å². The minimum atomic E-state index is -4.38. The summed E-state index contributed by atoms with van der Waals surface area (Å²) in [7, 11) is 1.46. The van der Waals surface area contributed by atoms with Crippen molar-refractivity contribution < 1.29 is 42.1 Å². The van der Waals surface area contributed by atoms with E-state index in [0.29, 0.717) is 17.4 Å². The van der Waals surface area contributed by atoms with Gasteiger partial charge in [0.2, 0.25) is 0 Å². The number of nitrogens with zero attached hydrogens (tertiary/aromatic N) is 1. The number of rotatable bonds is 52. The molecular weight excluding hydrogens is 930 g/mol. The predicted molar refractivity (Wildman–Crippen MR) is 311 cm³/mol. The fourth-order valence-corrected chi connectivity index (χ4v) is 8.30. The Balaban J connectivity index is 3.98. The maximum atomic E-state index is 12.8. The molecule has 0 bridgehead atoms. The Kier molecular flexibility index (Phi) is 51.1. The molecule has 0 radical (unpaired) electrons. The third-order valence-electron chi connectivity index (χ3n) is 12.0. The summed E-state index contributed by atoms with van der Waals surface area (Å²) in [6.07, 6.45) is 74.7. The van der Waals surface area contributed by atoms with E-state index in [1.54, 1.807) is 0 Å². The first-order valence-electron chi connectivity index (χ1n) is 29.1. The summed E-state index contributed by atoms with van der Waals surface area (Å²) >= 11 is 0. The molecule has 9 nitrogen and oxygen atoms in total. The van der Waals surface area contributed by atoms with Crippen molar-refractivity contribution in [1.82, 2.24) is 0 Å². The van der Waals surface area contributed by atoms with Crippen LogP contribution in [0.4, 0.5) is 0 Å². The molecule has 0 aliphatic heterocycles. The molecule has 0 heterocycles. The summed E-state index contributed by atoms with van der Waals surface area (Å²) in [5.74, 6) is -0.814. The van der Waals surface area contributed by atoms with Crippen LogP contribution in [0.25, 0.3) is 0 Å². The van der Waals surface area contributed by atoms with Crippen molar-refractivity contribution in [1.29, 1.82) is 0 Å². The molecule has 0 saturated carbocycles. The molecular formula is C63H109NO8P+. The van der Waals surface area contributed by atoms with Crippen molar-refractivity contribution in [2.24, 2.45) is 0 Å². The predicted octanol–water partition coefficient (Wildman–Crippen LogP) is 18.2. The first-order valence-corrected chi connectivity index (χ1v) is 30.6. The molecule has 0 saturated heterocycles. The van der Waals surface area contributed by atoms with E-state index in [0.717, 1.165) is 116 Å². The normalized spacial score (nSPS) is 14.1. The first kappa shape index (κ1) is 69.7. The summed E-state index contributed by atoms with van der Waals surface area (Å²) in [5.41, 5.74) is 0. The van der Waals surface area contributed by atoms with Gasteiger partial charge in [-0.15, -0.1) is 0 Å². The second kappa shape index (κ2) is 53.5. The second-order valence-corrected chi connectivity index (χ2v) is 21.7. The van der Waals surface area contributed by atoms with E-state index < -0.39 is 26.5 Å². The molecule has 10 heteroatoms. The SMILES string of the molecule is CC/C=C\C/C=C\C/C=C\C/C=C\C/C=C\C/C=C\C/C=C\C/C=C\CCCCCCCCCCCCCCCCC(=O)OC(COC(=O)CCCCCCC/C=C\CCC)COP(=O)(O)OCC[N+](C)(C)C. The highest BCUT2D eigenvalue weighted by Crippen LogP contribution is 2.43. The molecule has 73 heavy (non-hydrogen) atoms. The van der Waals surface area contributed by atoms with Gasteiger partial charge < -0.3 is 18.9 Å². The van der Waals surface area contributed by atoms with Crippen LogP contribution in [0.5, 0.6) is 0 Å². The zero-order valence-corrected chi connectivity index (χ0v) is 48.2. The Morgan fingerprint density at radius 2 is 0.781 bits per heavy atom. The van der Waals surface area contributed by atoms with Gasteiger partial charge in [0.15, 0.2) is 6.10 Å². The fraction of sp³-hybridized carbons (Fsp3) is 0.683. The maximum Gasteiger partial charge on any atom is 0.472 e. The molecule has 0 aliphatic carbocycles. The topological polar surface area (TPSA) is 108 Å². The summed E-state index contributed by atoms with van der Waals surface area (Å²) < 4.78 is 34.4. The quantitative estimate of drug-likeness (QED) is 0.0211. The van der Waals surface area contributed by atoms with Gasteiger partial charge in [-0.3, -0.25) is 18.6 Å². The minimum absolute atomic E-state index is 0.0269. The second-order valence-electron chi connectivity index (χ2n) is 20.3. The fourth-order valence-electron chi connectivity index (χ4n) is 7.56. The van der Waals surface area contributed by atoms with Gasteiger partial charge >= 0.3 is 19.8 Å². The standard InChI is InChI=1S/C63H108NO8P/c1-6-8-10-12-14-16-18-19-20-21-22-23-24-25-26-27-28-29-30-31-32-33-34-35-36-37-38-39-40-41-42-43-44-45-46-48-50-52-54-56-63(66)72-61(60-71-73(67,68)70-58-57-64(3,4)5)59-69-62(65)55-53-51-49-47-17-15-13-11-9-7-2/h8,10-11,13-14,16,19-20,22-23,25-26,28-29,31-32,34-35,61H,6-7,9,12,15,17-18,21,24,27,30,33,36-60H2,1-5H3/p+1/b10-8-,13-11-,16-14-,20-19-,23-22-,26-25-,29-28-,32-31-,35-34-. The number of hydrogen-bond donors (Lipinski definition) is 1. The van der Waals surface area contributed by atoms with Crippen molar-refractivity contribution in [3.8, 4) is 0 Å². The maximum absolute atomic E-state index is 12.8. The number of allylic oxidation sites excluding steroid dienone is 18. The highest BCUT2D eigenvalue weighted by Gasteiger charge is 2.27. The molecule has 0 aliphatic rings. The van der Waals surface area contributed by atoms with Gasteiger partial charge in [0, 0.05) is 12.8 Å². The number of unbranched alkanes of at least 4 members (excludes halogenated alkanes) is 20. The van der Waals surface area contributed by atoms with Crippen molar-refractivity contribution in [3.63, 3.8) is 0 Å². The van der Waals surface area contributed by atoms with Crippen molar-refractivity contribution in [2.75, 3.05) is 47.5 Å². The molecule has 0 aromatic carbocycles. The Morgan fingerprint density at radius 3 is 1.18 bits per heavy atom. The van der Waals surface area contributed by atoms with E-state index in [9.17, 15) is 19.0 Å². The van der Waals surface area contributed by atoms with Crippen LogP contribution in [0.15, 0.2) is 109 Å². The zero-order chi connectivity index (χ0) is 53.5. The molecule has 0 spiro atoms. The van der Waals surface area contributed by atoms with E-state index in [4.69, 9.17) is 18.5 Å². The lowest BCUT2D eigenvalue weighted by Crippen LogP contribution is -2.37. The van der Waals surface area contributed by atoms with Gasteiger partial charge in [0.25, 0.3) is 0 Å². The number of likely N-dealkylation sites (N-methyl/N-ethyl adjacent to an activating group) is 1. The van der Waals surface area contributed by atoms with Crippen molar-refractivity contribution in [2.45, 2.75) is 232 Å². The van der Waals surface area contributed by atoms with Gasteiger partial charge in [-0.05, 0) is 96.3 Å². The number of phosphoric ester groups is 1. The Bertz CT molecular complexity index is 1600. The molecule has 1 N–H and O–H groups in total. The van der Waals surface area contributed by atoms with Crippen LogP contribution in [0.1, 0.15) is 226 Å². The van der Waals surface area contributed by atoms with Crippen LogP contribution in [-0.2, 0) is 32.7 Å². The molecule has 0 rings (SSSR count).